The van der Waals surface area contributed by atoms with Gasteiger partial charge < -0.3 is 10.1 Å². The number of aromatic nitrogens is 1. The van der Waals surface area contributed by atoms with Crippen molar-refractivity contribution in [3.8, 4) is 0 Å². The fourth-order valence-corrected chi connectivity index (χ4v) is 5.55. The third-order valence-electron chi connectivity index (χ3n) is 7.22. The molecule has 3 aliphatic rings. The highest BCUT2D eigenvalue weighted by atomic mass is 16.4. The Morgan fingerprint density at radius 3 is 2.63 bits per heavy atom. The number of nitrogens with zero attached hydrogens (tertiary/aromatic N) is 2. The number of likely N-dealkylation sites (tertiary alicyclic amines) is 2. The lowest BCUT2D eigenvalue weighted by atomic mass is 9.81. The van der Waals surface area contributed by atoms with Crippen LogP contribution in [-0.4, -0.2) is 58.1 Å². The SMILES string of the molecule is Cc1c[nH]c(CN2C[C@H]3CN(C4CCCCC4)C[C@@]3(C(=O)O)C2)c(C)c1=O. The van der Waals surface area contributed by atoms with Crippen molar-refractivity contribution in [2.45, 2.75) is 58.5 Å². The monoisotopic (exact) mass is 373 g/mol. The molecule has 2 N–H and O–H groups in total. The van der Waals surface area contributed by atoms with Gasteiger partial charge in [0.05, 0.1) is 5.41 Å². The second-order valence-electron chi connectivity index (χ2n) is 8.95. The number of aromatic amines is 1. The number of rotatable bonds is 4. The van der Waals surface area contributed by atoms with Crippen LogP contribution in [0.1, 0.15) is 48.9 Å². The van der Waals surface area contributed by atoms with Crippen LogP contribution in [0.15, 0.2) is 11.0 Å². The number of carboxylic acid groups (broad SMARTS) is 1. The second-order valence-corrected chi connectivity index (χ2v) is 8.95. The number of hydrogen-bond acceptors (Lipinski definition) is 4. The molecule has 0 bridgehead atoms. The minimum absolute atomic E-state index is 0.0829. The smallest absolute Gasteiger partial charge is 0.312 e. The van der Waals surface area contributed by atoms with Gasteiger partial charge in [-0.3, -0.25) is 19.4 Å². The Morgan fingerprint density at radius 2 is 1.96 bits per heavy atom. The van der Waals surface area contributed by atoms with Crippen LogP contribution in [-0.2, 0) is 11.3 Å². The molecule has 0 radical (unpaired) electrons. The van der Waals surface area contributed by atoms with Crippen LogP contribution in [0.5, 0.6) is 0 Å². The predicted molar refractivity (Wildman–Crippen MR) is 104 cm³/mol. The Bertz CT molecular complexity index is 783. The first-order valence-corrected chi connectivity index (χ1v) is 10.3. The van der Waals surface area contributed by atoms with E-state index in [1.807, 2.05) is 13.8 Å². The summed E-state index contributed by atoms with van der Waals surface area (Å²) in [6.45, 7) is 7.24. The molecule has 0 amide bonds. The maximum absolute atomic E-state index is 12.3. The second kappa shape index (κ2) is 7.06. The van der Waals surface area contributed by atoms with E-state index in [0.717, 1.165) is 29.9 Å². The number of carboxylic acids is 1. The van der Waals surface area contributed by atoms with Crippen molar-refractivity contribution in [1.29, 1.82) is 0 Å². The van der Waals surface area contributed by atoms with Crippen LogP contribution in [0, 0.1) is 25.2 Å². The van der Waals surface area contributed by atoms with E-state index in [-0.39, 0.29) is 11.3 Å². The largest absolute Gasteiger partial charge is 0.481 e. The van der Waals surface area contributed by atoms with Gasteiger partial charge in [0.1, 0.15) is 0 Å². The standard InChI is InChI=1S/C21H31N3O3/c1-14-8-22-18(15(2)19(14)25)11-23-9-16-10-24(17-6-4-3-5-7-17)13-21(16,12-23)20(26)27/h8,16-17H,3-7,9-13H2,1-2H3,(H,22,25)(H,26,27)/t16-,21-/m0/s1. The summed E-state index contributed by atoms with van der Waals surface area (Å²) in [4.78, 5) is 32.4. The van der Waals surface area contributed by atoms with E-state index in [4.69, 9.17) is 0 Å². The Kier molecular flexibility index (Phi) is 4.89. The van der Waals surface area contributed by atoms with E-state index in [1.165, 1.54) is 32.1 Å². The molecule has 1 saturated carbocycles. The summed E-state index contributed by atoms with van der Waals surface area (Å²) >= 11 is 0. The Hall–Kier alpha value is -1.66. The number of carbonyl (C=O) groups is 1. The maximum atomic E-state index is 12.3. The first-order chi connectivity index (χ1) is 12.9. The number of hydrogen-bond donors (Lipinski definition) is 2. The molecule has 2 aliphatic heterocycles. The predicted octanol–water partition coefficient (Wildman–Crippen LogP) is 2.14. The van der Waals surface area contributed by atoms with Gasteiger partial charge in [-0.25, -0.2) is 0 Å². The van der Waals surface area contributed by atoms with Gasteiger partial charge in [-0.1, -0.05) is 19.3 Å². The molecule has 2 atom stereocenters. The van der Waals surface area contributed by atoms with E-state index < -0.39 is 11.4 Å². The van der Waals surface area contributed by atoms with Gasteiger partial charge in [0, 0.05) is 67.7 Å². The number of aryl methyl sites for hydroxylation is 1. The van der Waals surface area contributed by atoms with Crippen LogP contribution in [0.25, 0.3) is 0 Å². The summed E-state index contributed by atoms with van der Waals surface area (Å²) in [7, 11) is 0. The van der Waals surface area contributed by atoms with Crippen LogP contribution in [0.3, 0.4) is 0 Å². The van der Waals surface area contributed by atoms with Crippen molar-refractivity contribution in [2.75, 3.05) is 26.2 Å². The van der Waals surface area contributed by atoms with Crippen molar-refractivity contribution >= 4 is 5.97 Å². The molecule has 0 aromatic carbocycles. The van der Waals surface area contributed by atoms with Gasteiger partial charge in [-0.15, -0.1) is 0 Å². The van der Waals surface area contributed by atoms with E-state index in [9.17, 15) is 14.7 Å². The van der Waals surface area contributed by atoms with Gasteiger partial charge in [0.25, 0.3) is 0 Å². The van der Waals surface area contributed by atoms with Crippen molar-refractivity contribution < 1.29 is 9.90 Å². The highest BCUT2D eigenvalue weighted by Crippen LogP contribution is 2.45. The highest BCUT2D eigenvalue weighted by molar-refractivity contribution is 5.77. The van der Waals surface area contributed by atoms with E-state index in [1.54, 1.807) is 6.20 Å². The molecule has 1 aromatic rings. The van der Waals surface area contributed by atoms with Crippen LogP contribution < -0.4 is 5.43 Å². The molecular weight excluding hydrogens is 342 g/mol. The van der Waals surface area contributed by atoms with Crippen molar-refractivity contribution in [1.82, 2.24) is 14.8 Å². The zero-order valence-corrected chi connectivity index (χ0v) is 16.5. The van der Waals surface area contributed by atoms with Crippen molar-refractivity contribution in [3.63, 3.8) is 0 Å². The van der Waals surface area contributed by atoms with Gasteiger partial charge in [-0.05, 0) is 26.7 Å². The fourth-order valence-electron chi connectivity index (χ4n) is 5.55. The molecular formula is C21H31N3O3. The summed E-state index contributed by atoms with van der Waals surface area (Å²) in [5.41, 5.74) is 1.81. The molecule has 0 spiro atoms. The van der Waals surface area contributed by atoms with Crippen molar-refractivity contribution in [3.05, 3.63) is 33.2 Å². The lowest BCUT2D eigenvalue weighted by Crippen LogP contribution is -2.43. The third kappa shape index (κ3) is 3.23. The topological polar surface area (TPSA) is 76.6 Å². The molecule has 6 nitrogen and oxygen atoms in total. The Morgan fingerprint density at radius 1 is 1.22 bits per heavy atom. The summed E-state index contributed by atoms with van der Waals surface area (Å²) in [6, 6.07) is 0.574. The van der Waals surface area contributed by atoms with Crippen LogP contribution in [0.4, 0.5) is 0 Å². The molecule has 2 saturated heterocycles. The lowest BCUT2D eigenvalue weighted by molar-refractivity contribution is -0.149. The number of H-pyrrole nitrogens is 1. The van der Waals surface area contributed by atoms with Gasteiger partial charge >= 0.3 is 5.97 Å². The first kappa shape index (κ1) is 18.7. The Balaban J connectivity index is 1.49. The number of pyridine rings is 1. The molecule has 6 heteroatoms. The molecule has 0 unspecified atom stereocenters. The van der Waals surface area contributed by atoms with Crippen LogP contribution >= 0.6 is 0 Å². The minimum Gasteiger partial charge on any atom is -0.481 e. The summed E-state index contributed by atoms with van der Waals surface area (Å²) in [6.07, 6.45) is 8.07. The molecule has 1 aromatic heterocycles. The average Bonchev–Trinajstić information content (AvgIpc) is 3.18. The van der Waals surface area contributed by atoms with E-state index in [2.05, 4.69) is 14.8 Å². The normalized spacial score (nSPS) is 29.9. The first-order valence-electron chi connectivity index (χ1n) is 10.3. The summed E-state index contributed by atoms with van der Waals surface area (Å²) in [5, 5.41) is 10.1. The van der Waals surface area contributed by atoms with Gasteiger partial charge in [-0.2, -0.15) is 0 Å². The average molecular weight is 373 g/mol. The summed E-state index contributed by atoms with van der Waals surface area (Å²) in [5.74, 6) is -0.475. The molecule has 27 heavy (non-hydrogen) atoms. The molecule has 3 heterocycles. The number of fused-ring (bicyclic) bond motifs is 1. The number of aliphatic carboxylic acids is 1. The zero-order valence-electron chi connectivity index (χ0n) is 16.5. The van der Waals surface area contributed by atoms with E-state index in [0.29, 0.717) is 25.7 Å². The van der Waals surface area contributed by atoms with Crippen molar-refractivity contribution in [2.24, 2.45) is 11.3 Å². The summed E-state index contributed by atoms with van der Waals surface area (Å²) < 4.78 is 0. The molecule has 148 valence electrons. The van der Waals surface area contributed by atoms with Crippen LogP contribution in [0.2, 0.25) is 0 Å². The quantitative estimate of drug-likeness (QED) is 0.846. The zero-order chi connectivity index (χ0) is 19.2. The third-order valence-corrected chi connectivity index (χ3v) is 7.22. The van der Waals surface area contributed by atoms with Gasteiger partial charge in [0.15, 0.2) is 5.43 Å². The fraction of sp³-hybridized carbons (Fsp3) is 0.714. The maximum Gasteiger partial charge on any atom is 0.312 e. The minimum atomic E-state index is -0.656. The highest BCUT2D eigenvalue weighted by Gasteiger charge is 2.58. The molecule has 3 fully saturated rings. The number of nitrogens with one attached hydrogen (secondary N) is 1. The van der Waals surface area contributed by atoms with E-state index >= 15 is 0 Å². The molecule has 4 rings (SSSR count). The Labute approximate surface area is 160 Å². The molecule has 1 aliphatic carbocycles. The lowest BCUT2D eigenvalue weighted by Gasteiger charge is -2.33. The van der Waals surface area contributed by atoms with Gasteiger partial charge in [0.2, 0.25) is 0 Å².